The largest absolute Gasteiger partial charge is 0.354 e. The van der Waals surface area contributed by atoms with Gasteiger partial charge in [-0.25, -0.2) is 18.9 Å². The van der Waals surface area contributed by atoms with Crippen LogP contribution in [0.15, 0.2) is 39.6 Å². The van der Waals surface area contributed by atoms with Crippen LogP contribution in [0.5, 0.6) is 0 Å². The Hall–Kier alpha value is -2.91. The zero-order valence-corrected chi connectivity index (χ0v) is 23.3. The van der Waals surface area contributed by atoms with Crippen molar-refractivity contribution in [3.05, 3.63) is 58.1 Å². The van der Waals surface area contributed by atoms with Gasteiger partial charge in [0.25, 0.3) is 0 Å². The van der Waals surface area contributed by atoms with Gasteiger partial charge in [0.15, 0.2) is 0 Å². The van der Waals surface area contributed by atoms with Crippen LogP contribution in [0.2, 0.25) is 0 Å². The highest BCUT2D eigenvalue weighted by atomic mass is 32.2. The summed E-state index contributed by atoms with van der Waals surface area (Å²) in [6.07, 6.45) is 12.9. The molecule has 9 heteroatoms. The molecule has 2 aromatic rings. The third-order valence-corrected chi connectivity index (χ3v) is 10.6. The number of nitrogens with zero attached hydrogens (tertiary/aromatic N) is 1. The molecule has 0 saturated heterocycles. The summed E-state index contributed by atoms with van der Waals surface area (Å²) in [6, 6.07) is 8.80. The zero-order chi connectivity index (χ0) is 27.0. The Morgan fingerprint density at radius 3 is 2.23 bits per heavy atom. The van der Waals surface area contributed by atoms with Crippen LogP contribution >= 0.6 is 0 Å². The molecule has 0 radical (unpaired) electrons. The lowest BCUT2D eigenvalue weighted by Crippen LogP contribution is -2.50. The van der Waals surface area contributed by atoms with Crippen molar-refractivity contribution < 1.29 is 13.8 Å². The van der Waals surface area contributed by atoms with Crippen molar-refractivity contribution in [2.45, 2.75) is 88.0 Å². The minimum absolute atomic E-state index is 0.103. The van der Waals surface area contributed by atoms with E-state index in [1.165, 1.54) is 47.9 Å². The smallest absolute Gasteiger partial charge is 0.338 e. The monoisotopic (exact) mass is 549 g/mol. The number of carbonyl (C=O) groups is 2. The van der Waals surface area contributed by atoms with E-state index in [4.69, 9.17) is 5.14 Å². The fourth-order valence-corrected chi connectivity index (χ4v) is 8.14. The van der Waals surface area contributed by atoms with Crippen LogP contribution in [-0.4, -0.2) is 28.9 Å². The van der Waals surface area contributed by atoms with Crippen LogP contribution < -0.4 is 21.1 Å². The first-order valence-corrected chi connectivity index (χ1v) is 16.1. The summed E-state index contributed by atoms with van der Waals surface area (Å²) in [6.45, 7) is 0.502. The Bertz CT molecular complexity index is 1360. The van der Waals surface area contributed by atoms with Crippen molar-refractivity contribution in [1.29, 1.82) is 0 Å². The Balaban J connectivity index is 1.04. The molecule has 0 aromatic heterocycles. The lowest BCUT2D eigenvalue weighted by molar-refractivity contribution is 0.127. The van der Waals surface area contributed by atoms with Crippen molar-refractivity contribution in [2.75, 3.05) is 11.9 Å². The number of carbonyl (C=O) groups excluding carboxylic acids is 2. The predicted octanol–water partition coefficient (Wildman–Crippen LogP) is 5.02. The molecule has 0 aliphatic heterocycles. The molecule has 8 nitrogen and oxygen atoms in total. The van der Waals surface area contributed by atoms with Crippen molar-refractivity contribution in [2.24, 2.45) is 21.3 Å². The number of fused-ring (bicyclic) bond motifs is 5. The van der Waals surface area contributed by atoms with E-state index in [2.05, 4.69) is 26.4 Å². The van der Waals surface area contributed by atoms with Gasteiger partial charge in [0.05, 0.1) is 4.90 Å². The van der Waals surface area contributed by atoms with Crippen molar-refractivity contribution in [3.8, 4) is 0 Å². The third-order valence-electron chi connectivity index (χ3n) is 9.25. The maximum Gasteiger partial charge on any atom is 0.354 e. The van der Waals surface area contributed by atoms with Gasteiger partial charge in [-0.05, 0) is 116 Å². The van der Waals surface area contributed by atoms with Gasteiger partial charge in [-0.15, -0.1) is 4.36 Å². The molecular weight excluding hydrogens is 510 g/mol. The van der Waals surface area contributed by atoms with E-state index >= 15 is 0 Å². The van der Waals surface area contributed by atoms with Gasteiger partial charge < -0.3 is 16.0 Å². The fourth-order valence-electron chi connectivity index (χ4n) is 7.22. The average molecular weight is 550 g/mol. The maximum absolute atomic E-state index is 13.2. The second kappa shape index (κ2) is 10.9. The topological polar surface area (TPSA) is 126 Å². The van der Waals surface area contributed by atoms with Crippen molar-refractivity contribution >= 4 is 27.7 Å². The molecule has 0 spiro atoms. The van der Waals surface area contributed by atoms with Crippen LogP contribution in [0, 0.1) is 11.8 Å². The SMILES string of the molecule is NS(=O)(=NC(=O)Nc1c2c(cc3c1CCC3)CCC2)c1ccc(CCNC(=O)NC2CC3CCC2CC3)cc1. The standard InChI is InChI=1S/C30H39N5O3S/c31-39(38,35-30(37)34-28-25-5-1-3-22(25)18-23-4-2-6-26(23)28)24-13-9-19(10-14-24)15-16-32-29(36)33-27-17-20-7-11-21(27)12-8-20/h9-10,13-14,18,20-21,27H,1-8,11-12,15-17H2,(H2,32,33,36)(H3,31,34,35,37,38). The number of amides is 4. The highest BCUT2D eigenvalue weighted by molar-refractivity contribution is 7.91. The van der Waals surface area contributed by atoms with Gasteiger partial charge in [-0.3, -0.25) is 0 Å². The molecule has 4 amide bonds. The van der Waals surface area contributed by atoms with Gasteiger partial charge in [-0.1, -0.05) is 31.0 Å². The number of urea groups is 2. The summed E-state index contributed by atoms with van der Waals surface area (Å²) in [5.41, 5.74) is 6.85. The molecule has 2 bridgehead atoms. The second-order valence-corrected chi connectivity index (χ2v) is 13.5. The number of hydrogen-bond donors (Lipinski definition) is 4. The van der Waals surface area contributed by atoms with Crippen LogP contribution in [-0.2, 0) is 42.0 Å². The Kier molecular flexibility index (Phi) is 7.37. The molecule has 0 heterocycles. The summed E-state index contributed by atoms with van der Waals surface area (Å²) in [7, 11) is -3.40. The summed E-state index contributed by atoms with van der Waals surface area (Å²) < 4.78 is 17.1. The molecule has 208 valence electrons. The van der Waals surface area contributed by atoms with Gasteiger partial charge >= 0.3 is 12.1 Å². The minimum Gasteiger partial charge on any atom is -0.338 e. The quantitative estimate of drug-likeness (QED) is 0.404. The number of nitrogens with one attached hydrogen (secondary N) is 3. The molecule has 5 aliphatic carbocycles. The van der Waals surface area contributed by atoms with E-state index in [9.17, 15) is 13.8 Å². The third kappa shape index (κ3) is 5.70. The van der Waals surface area contributed by atoms with Gasteiger partial charge in [0.1, 0.15) is 9.92 Å². The van der Waals surface area contributed by atoms with Gasteiger partial charge in [0.2, 0.25) is 0 Å². The molecule has 5 N–H and O–H groups in total. The van der Waals surface area contributed by atoms with Gasteiger partial charge in [-0.2, -0.15) is 0 Å². The van der Waals surface area contributed by atoms with Crippen LogP contribution in [0.4, 0.5) is 15.3 Å². The van der Waals surface area contributed by atoms with E-state index in [1.807, 2.05) is 12.1 Å². The molecular formula is C30H39N5O3S. The van der Waals surface area contributed by atoms with E-state index in [0.717, 1.165) is 62.1 Å². The number of aryl methyl sites for hydroxylation is 2. The molecule has 2 aromatic carbocycles. The highest BCUT2D eigenvalue weighted by Crippen LogP contribution is 2.41. The van der Waals surface area contributed by atoms with Crippen LogP contribution in [0.3, 0.4) is 0 Å². The van der Waals surface area contributed by atoms with E-state index in [-0.39, 0.29) is 6.03 Å². The van der Waals surface area contributed by atoms with Crippen LogP contribution in [0.1, 0.15) is 72.8 Å². The highest BCUT2D eigenvalue weighted by Gasteiger charge is 2.36. The first-order chi connectivity index (χ1) is 18.9. The molecule has 2 unspecified atom stereocenters. The molecule has 39 heavy (non-hydrogen) atoms. The Morgan fingerprint density at radius 2 is 1.62 bits per heavy atom. The normalized spacial score (nSPS) is 24.4. The maximum atomic E-state index is 13.2. The molecule has 5 aliphatic rings. The minimum atomic E-state index is -3.40. The summed E-state index contributed by atoms with van der Waals surface area (Å²) in [5.74, 6) is 1.40. The Labute approximate surface area is 231 Å². The molecule has 3 fully saturated rings. The van der Waals surface area contributed by atoms with E-state index in [0.29, 0.717) is 29.8 Å². The number of anilines is 1. The average Bonchev–Trinajstić information content (AvgIpc) is 3.59. The summed E-state index contributed by atoms with van der Waals surface area (Å²) >= 11 is 0. The number of hydrogen-bond acceptors (Lipinski definition) is 3. The van der Waals surface area contributed by atoms with Crippen molar-refractivity contribution in [3.63, 3.8) is 0 Å². The predicted molar refractivity (Wildman–Crippen MR) is 153 cm³/mol. The zero-order valence-electron chi connectivity index (χ0n) is 22.5. The number of rotatable bonds is 6. The summed E-state index contributed by atoms with van der Waals surface area (Å²) in [5, 5.41) is 15.1. The fraction of sp³-hybridized carbons (Fsp3) is 0.533. The number of nitrogens with two attached hydrogens (primary N) is 1. The van der Waals surface area contributed by atoms with Crippen molar-refractivity contribution in [1.82, 2.24) is 10.6 Å². The lowest BCUT2D eigenvalue weighted by Gasteiger charge is -2.42. The molecule has 3 saturated carbocycles. The molecule has 7 rings (SSSR count). The first kappa shape index (κ1) is 26.3. The second-order valence-electron chi connectivity index (χ2n) is 11.7. The lowest BCUT2D eigenvalue weighted by atomic mass is 9.68. The van der Waals surface area contributed by atoms with Gasteiger partial charge in [0, 0.05) is 18.3 Å². The summed E-state index contributed by atoms with van der Waals surface area (Å²) in [4.78, 5) is 25.6. The number of benzene rings is 2. The van der Waals surface area contributed by atoms with E-state index in [1.54, 1.807) is 12.1 Å². The van der Waals surface area contributed by atoms with E-state index < -0.39 is 15.9 Å². The molecule has 2 atom stereocenters. The van der Waals surface area contributed by atoms with Crippen LogP contribution in [0.25, 0.3) is 0 Å². The first-order valence-electron chi connectivity index (χ1n) is 14.5. The Morgan fingerprint density at radius 1 is 0.949 bits per heavy atom.